The van der Waals surface area contributed by atoms with Gasteiger partial charge in [0.1, 0.15) is 0 Å². The molecule has 0 spiro atoms. The fourth-order valence-electron chi connectivity index (χ4n) is 2.23. The van der Waals surface area contributed by atoms with E-state index in [1.54, 1.807) is 17.5 Å². The number of rotatable bonds is 2. The molecule has 6 heteroatoms. The molecule has 4 rings (SSSR count). The van der Waals surface area contributed by atoms with Crippen LogP contribution in [0.25, 0.3) is 16.2 Å². The number of aliphatic hydroxyl groups excluding tert-OH is 1. The monoisotopic (exact) mass is 274 g/mol. The minimum Gasteiger partial charge on any atom is -0.454 e. The van der Waals surface area contributed by atoms with Crippen molar-refractivity contribution in [2.75, 3.05) is 6.79 Å². The maximum absolute atomic E-state index is 9.37. The standard InChI is InChI=1S/C13H10N2O3S/c16-5-9-4-14-13-15(9)10(6-19-13)8-1-2-11-12(3-8)18-7-17-11/h1-4,6,16H,5,7H2. The van der Waals surface area contributed by atoms with Gasteiger partial charge in [-0.05, 0) is 18.2 Å². The van der Waals surface area contributed by atoms with Gasteiger partial charge >= 0.3 is 0 Å². The Bertz CT molecular complexity index is 762. The van der Waals surface area contributed by atoms with Crippen LogP contribution >= 0.6 is 11.3 Å². The summed E-state index contributed by atoms with van der Waals surface area (Å²) in [4.78, 5) is 5.15. The number of nitrogens with zero attached hydrogens (tertiary/aromatic N) is 2. The fourth-order valence-corrected chi connectivity index (χ4v) is 3.13. The highest BCUT2D eigenvalue weighted by Gasteiger charge is 2.16. The molecular formula is C13H10N2O3S. The van der Waals surface area contributed by atoms with Gasteiger partial charge in [0.25, 0.3) is 0 Å². The topological polar surface area (TPSA) is 56.0 Å². The molecule has 0 unspecified atom stereocenters. The van der Waals surface area contributed by atoms with E-state index < -0.39 is 0 Å². The molecule has 96 valence electrons. The summed E-state index contributed by atoms with van der Waals surface area (Å²) in [5.41, 5.74) is 2.80. The summed E-state index contributed by atoms with van der Waals surface area (Å²) in [6.07, 6.45) is 1.70. The van der Waals surface area contributed by atoms with Gasteiger partial charge in [-0.3, -0.25) is 4.40 Å². The SMILES string of the molecule is OCc1cnc2scc(-c3ccc4c(c3)OCO4)n12. The van der Waals surface area contributed by atoms with Crippen molar-refractivity contribution in [1.29, 1.82) is 0 Å². The van der Waals surface area contributed by atoms with Gasteiger partial charge in [-0.25, -0.2) is 4.98 Å². The number of imidazole rings is 1. The highest BCUT2D eigenvalue weighted by atomic mass is 32.1. The summed E-state index contributed by atoms with van der Waals surface area (Å²) in [7, 11) is 0. The van der Waals surface area contributed by atoms with Crippen molar-refractivity contribution in [2.24, 2.45) is 0 Å². The Balaban J connectivity index is 1.92. The highest BCUT2D eigenvalue weighted by molar-refractivity contribution is 7.15. The lowest BCUT2D eigenvalue weighted by Crippen LogP contribution is -1.93. The molecule has 1 N–H and O–H groups in total. The highest BCUT2D eigenvalue weighted by Crippen LogP contribution is 2.37. The third kappa shape index (κ3) is 1.54. The minimum absolute atomic E-state index is 0.0323. The minimum atomic E-state index is -0.0323. The summed E-state index contributed by atoms with van der Waals surface area (Å²) in [6, 6.07) is 5.83. The van der Waals surface area contributed by atoms with Gasteiger partial charge in [0.15, 0.2) is 16.5 Å². The third-order valence-electron chi connectivity index (χ3n) is 3.15. The molecule has 0 saturated heterocycles. The summed E-state index contributed by atoms with van der Waals surface area (Å²) < 4.78 is 12.7. The predicted octanol–water partition coefficient (Wildman–Crippen LogP) is 2.28. The van der Waals surface area contributed by atoms with Crippen molar-refractivity contribution >= 4 is 16.3 Å². The van der Waals surface area contributed by atoms with E-state index in [9.17, 15) is 5.11 Å². The van der Waals surface area contributed by atoms with E-state index >= 15 is 0 Å². The van der Waals surface area contributed by atoms with E-state index in [0.717, 1.165) is 33.4 Å². The second-order valence-electron chi connectivity index (χ2n) is 4.21. The van der Waals surface area contributed by atoms with Gasteiger partial charge in [-0.15, -0.1) is 11.3 Å². The smallest absolute Gasteiger partial charge is 0.231 e. The van der Waals surface area contributed by atoms with Gasteiger partial charge in [-0.1, -0.05) is 0 Å². The zero-order valence-electron chi connectivity index (χ0n) is 9.87. The van der Waals surface area contributed by atoms with Crippen LogP contribution in [0.3, 0.4) is 0 Å². The number of benzene rings is 1. The van der Waals surface area contributed by atoms with Gasteiger partial charge in [-0.2, -0.15) is 0 Å². The van der Waals surface area contributed by atoms with Crippen molar-refractivity contribution in [3.63, 3.8) is 0 Å². The summed E-state index contributed by atoms with van der Waals surface area (Å²) in [6.45, 7) is 0.236. The molecule has 2 aromatic heterocycles. The molecule has 3 heterocycles. The van der Waals surface area contributed by atoms with Crippen LogP contribution in [0.5, 0.6) is 11.5 Å². The Morgan fingerprint density at radius 2 is 2.21 bits per heavy atom. The van der Waals surface area contributed by atoms with E-state index in [0.29, 0.717) is 0 Å². The summed E-state index contributed by atoms with van der Waals surface area (Å²) >= 11 is 1.55. The van der Waals surface area contributed by atoms with Crippen LogP contribution in [0, 0.1) is 0 Å². The molecule has 0 saturated carbocycles. The first-order valence-corrected chi connectivity index (χ1v) is 6.69. The largest absolute Gasteiger partial charge is 0.454 e. The lowest BCUT2D eigenvalue weighted by atomic mass is 10.1. The number of thiazole rings is 1. The number of aliphatic hydroxyl groups is 1. The van der Waals surface area contributed by atoms with Crippen LogP contribution in [0.1, 0.15) is 5.69 Å². The molecule has 3 aromatic rings. The number of hydrogen-bond acceptors (Lipinski definition) is 5. The van der Waals surface area contributed by atoms with Crippen LogP contribution in [0.4, 0.5) is 0 Å². The molecule has 0 amide bonds. The lowest BCUT2D eigenvalue weighted by Gasteiger charge is -2.04. The Morgan fingerprint density at radius 3 is 3.11 bits per heavy atom. The first-order valence-electron chi connectivity index (χ1n) is 5.81. The average Bonchev–Trinajstić information content (AvgIpc) is 3.13. The first kappa shape index (κ1) is 10.8. The lowest BCUT2D eigenvalue weighted by molar-refractivity contribution is 0.174. The van der Waals surface area contributed by atoms with Crippen LogP contribution in [0.2, 0.25) is 0 Å². The Hall–Kier alpha value is -2.05. The second kappa shape index (κ2) is 3.97. The maximum Gasteiger partial charge on any atom is 0.231 e. The van der Waals surface area contributed by atoms with E-state index in [1.807, 2.05) is 28.0 Å². The van der Waals surface area contributed by atoms with Crippen molar-refractivity contribution in [1.82, 2.24) is 9.38 Å². The number of hydrogen-bond donors (Lipinski definition) is 1. The van der Waals surface area contributed by atoms with E-state index in [2.05, 4.69) is 4.98 Å². The molecule has 0 aliphatic carbocycles. The number of ether oxygens (including phenoxy) is 2. The van der Waals surface area contributed by atoms with Gasteiger partial charge < -0.3 is 14.6 Å². The van der Waals surface area contributed by atoms with Gasteiger partial charge in [0.2, 0.25) is 6.79 Å². The van der Waals surface area contributed by atoms with Crippen LogP contribution < -0.4 is 9.47 Å². The molecule has 0 fully saturated rings. The molecule has 1 aliphatic rings. The molecule has 0 bridgehead atoms. The summed E-state index contributed by atoms with van der Waals surface area (Å²) in [5.74, 6) is 1.52. The van der Waals surface area contributed by atoms with Gasteiger partial charge in [0.05, 0.1) is 24.2 Å². The molecular weight excluding hydrogens is 264 g/mol. The normalized spacial score (nSPS) is 13.3. The third-order valence-corrected chi connectivity index (χ3v) is 3.99. The molecule has 5 nitrogen and oxygen atoms in total. The number of fused-ring (bicyclic) bond motifs is 2. The number of aromatic nitrogens is 2. The maximum atomic E-state index is 9.37. The fraction of sp³-hybridized carbons (Fsp3) is 0.154. The van der Waals surface area contributed by atoms with Crippen LogP contribution in [-0.4, -0.2) is 21.3 Å². The second-order valence-corrected chi connectivity index (χ2v) is 5.05. The molecule has 0 atom stereocenters. The first-order chi connectivity index (χ1) is 9.36. The molecule has 0 radical (unpaired) electrons. The Morgan fingerprint density at radius 1 is 1.32 bits per heavy atom. The van der Waals surface area contributed by atoms with E-state index in [1.165, 1.54) is 0 Å². The Labute approximate surface area is 112 Å². The molecule has 19 heavy (non-hydrogen) atoms. The predicted molar refractivity (Wildman–Crippen MR) is 70.6 cm³/mol. The zero-order chi connectivity index (χ0) is 12.8. The van der Waals surface area contributed by atoms with Crippen LogP contribution in [-0.2, 0) is 6.61 Å². The van der Waals surface area contributed by atoms with Crippen LogP contribution in [0.15, 0.2) is 29.8 Å². The van der Waals surface area contributed by atoms with E-state index in [-0.39, 0.29) is 13.4 Å². The Kier molecular flexibility index (Phi) is 2.27. The zero-order valence-corrected chi connectivity index (χ0v) is 10.7. The molecule has 1 aliphatic heterocycles. The molecule has 1 aromatic carbocycles. The van der Waals surface area contributed by atoms with Crippen molar-refractivity contribution in [3.05, 3.63) is 35.5 Å². The van der Waals surface area contributed by atoms with Crippen molar-refractivity contribution < 1.29 is 14.6 Å². The average molecular weight is 274 g/mol. The van der Waals surface area contributed by atoms with Gasteiger partial charge in [0, 0.05) is 10.9 Å². The quantitative estimate of drug-likeness (QED) is 0.779. The van der Waals surface area contributed by atoms with Crippen molar-refractivity contribution in [2.45, 2.75) is 6.61 Å². The summed E-state index contributed by atoms with van der Waals surface area (Å²) in [5, 5.41) is 11.4. The van der Waals surface area contributed by atoms with Crippen molar-refractivity contribution in [3.8, 4) is 22.8 Å². The van der Waals surface area contributed by atoms with E-state index in [4.69, 9.17) is 9.47 Å².